The van der Waals surface area contributed by atoms with Crippen LogP contribution in [-0.2, 0) is 4.79 Å². The lowest BCUT2D eigenvalue weighted by Crippen LogP contribution is -2.35. The normalized spacial score (nSPS) is 15.0. The van der Waals surface area contributed by atoms with E-state index in [0.717, 1.165) is 31.5 Å². The zero-order valence-electron chi connectivity index (χ0n) is 16.6. The van der Waals surface area contributed by atoms with Crippen molar-refractivity contribution >= 4 is 17.5 Å². The average Bonchev–Trinajstić information content (AvgIpc) is 2.74. The van der Waals surface area contributed by atoms with Gasteiger partial charge in [0, 0.05) is 24.3 Å². The predicted octanol–water partition coefficient (Wildman–Crippen LogP) is 4.42. The van der Waals surface area contributed by atoms with E-state index in [1.165, 1.54) is 6.42 Å². The maximum absolute atomic E-state index is 12.6. The van der Waals surface area contributed by atoms with E-state index in [-0.39, 0.29) is 11.8 Å². The van der Waals surface area contributed by atoms with Crippen LogP contribution < -0.4 is 10.1 Å². The zero-order chi connectivity index (χ0) is 19.9. The van der Waals surface area contributed by atoms with Gasteiger partial charge in [-0.2, -0.15) is 0 Å². The van der Waals surface area contributed by atoms with Gasteiger partial charge in [-0.25, -0.2) is 0 Å². The molecule has 5 heteroatoms. The summed E-state index contributed by atoms with van der Waals surface area (Å²) in [6.07, 6.45) is 3.32. The average molecular weight is 380 g/mol. The monoisotopic (exact) mass is 380 g/mol. The molecular weight excluding hydrogens is 352 g/mol. The molecule has 0 aromatic heterocycles. The van der Waals surface area contributed by atoms with Gasteiger partial charge in [0.1, 0.15) is 5.75 Å². The zero-order valence-corrected chi connectivity index (χ0v) is 16.6. The van der Waals surface area contributed by atoms with Crippen molar-refractivity contribution in [2.45, 2.75) is 45.6 Å². The van der Waals surface area contributed by atoms with Gasteiger partial charge in [-0.3, -0.25) is 9.59 Å². The Morgan fingerprint density at radius 3 is 2.25 bits per heavy atom. The summed E-state index contributed by atoms with van der Waals surface area (Å²) in [5, 5.41) is 2.88. The van der Waals surface area contributed by atoms with E-state index < -0.39 is 6.10 Å². The van der Waals surface area contributed by atoms with Gasteiger partial charge in [-0.05, 0) is 69.0 Å². The van der Waals surface area contributed by atoms with Crippen molar-refractivity contribution in [2.24, 2.45) is 0 Å². The summed E-state index contributed by atoms with van der Waals surface area (Å²) in [5.41, 5.74) is 2.46. The standard InChI is InChI=1S/C23H28N2O3/c1-3-21(28-20-13-7-17(2)8-14-20)22(26)24-19-11-9-18(10-12-19)23(27)25-15-5-4-6-16-25/h7-14,21H,3-6,15-16H2,1-2H3,(H,24,26). The van der Waals surface area contributed by atoms with Gasteiger partial charge in [0.25, 0.3) is 11.8 Å². The highest BCUT2D eigenvalue weighted by Gasteiger charge is 2.20. The molecular formula is C23H28N2O3. The van der Waals surface area contributed by atoms with E-state index >= 15 is 0 Å². The minimum absolute atomic E-state index is 0.0618. The van der Waals surface area contributed by atoms with E-state index in [0.29, 0.717) is 23.4 Å². The number of amides is 2. The fourth-order valence-corrected chi connectivity index (χ4v) is 3.30. The van der Waals surface area contributed by atoms with Crippen LogP contribution in [0.1, 0.15) is 48.5 Å². The lowest BCUT2D eigenvalue weighted by Gasteiger charge is -2.26. The second kappa shape index (κ2) is 9.40. The molecule has 1 saturated heterocycles. The molecule has 5 nitrogen and oxygen atoms in total. The minimum atomic E-state index is -0.572. The summed E-state index contributed by atoms with van der Waals surface area (Å²) >= 11 is 0. The number of piperidine rings is 1. The van der Waals surface area contributed by atoms with Crippen molar-refractivity contribution in [3.05, 3.63) is 59.7 Å². The van der Waals surface area contributed by atoms with E-state index in [4.69, 9.17) is 4.74 Å². The molecule has 1 aliphatic rings. The molecule has 2 aromatic rings. The first-order valence-corrected chi connectivity index (χ1v) is 10.0. The van der Waals surface area contributed by atoms with Crippen molar-refractivity contribution in [3.63, 3.8) is 0 Å². The number of anilines is 1. The molecule has 0 aliphatic carbocycles. The van der Waals surface area contributed by atoms with E-state index in [2.05, 4.69) is 5.32 Å². The van der Waals surface area contributed by atoms with Crippen LogP contribution in [0.5, 0.6) is 5.75 Å². The van der Waals surface area contributed by atoms with Gasteiger partial charge in [0.05, 0.1) is 0 Å². The molecule has 1 atom stereocenters. The van der Waals surface area contributed by atoms with Crippen molar-refractivity contribution in [3.8, 4) is 5.75 Å². The second-order valence-corrected chi connectivity index (χ2v) is 7.25. The van der Waals surface area contributed by atoms with Crippen LogP contribution in [-0.4, -0.2) is 35.9 Å². The number of carbonyl (C=O) groups excluding carboxylic acids is 2. The second-order valence-electron chi connectivity index (χ2n) is 7.25. The van der Waals surface area contributed by atoms with Crippen molar-refractivity contribution in [2.75, 3.05) is 18.4 Å². The van der Waals surface area contributed by atoms with Crippen molar-refractivity contribution in [1.29, 1.82) is 0 Å². The molecule has 3 rings (SSSR count). The number of ether oxygens (including phenoxy) is 1. The molecule has 0 radical (unpaired) electrons. The number of nitrogens with zero attached hydrogens (tertiary/aromatic N) is 1. The van der Waals surface area contributed by atoms with Gasteiger partial charge < -0.3 is 15.0 Å². The number of rotatable bonds is 6. The summed E-state index contributed by atoms with van der Waals surface area (Å²) in [6.45, 7) is 5.57. The number of hydrogen-bond donors (Lipinski definition) is 1. The molecule has 148 valence electrons. The third-order valence-corrected chi connectivity index (χ3v) is 5.01. The van der Waals surface area contributed by atoms with Gasteiger partial charge in [0.15, 0.2) is 6.10 Å². The van der Waals surface area contributed by atoms with E-state index in [1.54, 1.807) is 24.3 Å². The van der Waals surface area contributed by atoms with Gasteiger partial charge in [-0.15, -0.1) is 0 Å². The number of aryl methyl sites for hydroxylation is 1. The smallest absolute Gasteiger partial charge is 0.265 e. The van der Waals surface area contributed by atoms with Crippen LogP contribution in [0.15, 0.2) is 48.5 Å². The van der Waals surface area contributed by atoms with Gasteiger partial charge in [-0.1, -0.05) is 24.6 Å². The topological polar surface area (TPSA) is 58.6 Å². The maximum atomic E-state index is 12.6. The Morgan fingerprint density at radius 2 is 1.64 bits per heavy atom. The van der Waals surface area contributed by atoms with E-state index in [1.807, 2.05) is 43.0 Å². The maximum Gasteiger partial charge on any atom is 0.265 e. The Balaban J connectivity index is 1.59. The number of benzene rings is 2. The van der Waals surface area contributed by atoms with Crippen LogP contribution in [0.2, 0.25) is 0 Å². The van der Waals surface area contributed by atoms with Crippen LogP contribution >= 0.6 is 0 Å². The molecule has 1 unspecified atom stereocenters. The summed E-state index contributed by atoms with van der Waals surface area (Å²) < 4.78 is 5.82. The van der Waals surface area contributed by atoms with Crippen LogP contribution in [0, 0.1) is 6.92 Å². The Hall–Kier alpha value is -2.82. The Morgan fingerprint density at radius 1 is 1.00 bits per heavy atom. The Kier molecular flexibility index (Phi) is 6.69. The highest BCUT2D eigenvalue weighted by atomic mass is 16.5. The first-order valence-electron chi connectivity index (χ1n) is 10.0. The summed E-state index contributed by atoms with van der Waals surface area (Å²) in [5.74, 6) is 0.542. The number of carbonyl (C=O) groups is 2. The number of likely N-dealkylation sites (tertiary alicyclic amines) is 1. The molecule has 1 aliphatic heterocycles. The highest BCUT2D eigenvalue weighted by molar-refractivity contribution is 5.97. The Bertz CT molecular complexity index is 794. The Labute approximate surface area is 166 Å². The first-order chi connectivity index (χ1) is 13.6. The third-order valence-electron chi connectivity index (χ3n) is 5.01. The molecule has 28 heavy (non-hydrogen) atoms. The van der Waals surface area contributed by atoms with Crippen molar-refractivity contribution in [1.82, 2.24) is 4.90 Å². The summed E-state index contributed by atoms with van der Waals surface area (Å²) in [6, 6.07) is 14.7. The van der Waals surface area contributed by atoms with Crippen LogP contribution in [0.3, 0.4) is 0 Å². The van der Waals surface area contributed by atoms with E-state index in [9.17, 15) is 9.59 Å². The highest BCUT2D eigenvalue weighted by Crippen LogP contribution is 2.18. The molecule has 2 amide bonds. The minimum Gasteiger partial charge on any atom is -0.481 e. The van der Waals surface area contributed by atoms with Crippen LogP contribution in [0.25, 0.3) is 0 Å². The molecule has 1 N–H and O–H groups in total. The van der Waals surface area contributed by atoms with Crippen LogP contribution in [0.4, 0.5) is 5.69 Å². The molecule has 1 fully saturated rings. The molecule has 1 heterocycles. The molecule has 0 spiro atoms. The SMILES string of the molecule is CCC(Oc1ccc(C)cc1)C(=O)Nc1ccc(C(=O)N2CCCCC2)cc1. The lowest BCUT2D eigenvalue weighted by atomic mass is 10.1. The van der Waals surface area contributed by atoms with Gasteiger partial charge >= 0.3 is 0 Å². The largest absolute Gasteiger partial charge is 0.481 e. The predicted molar refractivity (Wildman–Crippen MR) is 111 cm³/mol. The molecule has 2 aromatic carbocycles. The fraction of sp³-hybridized carbons (Fsp3) is 0.391. The summed E-state index contributed by atoms with van der Waals surface area (Å²) in [7, 11) is 0. The third kappa shape index (κ3) is 5.12. The lowest BCUT2D eigenvalue weighted by molar-refractivity contribution is -0.122. The summed E-state index contributed by atoms with van der Waals surface area (Å²) in [4.78, 5) is 27.0. The van der Waals surface area contributed by atoms with Crippen molar-refractivity contribution < 1.29 is 14.3 Å². The quantitative estimate of drug-likeness (QED) is 0.807. The number of hydrogen-bond acceptors (Lipinski definition) is 3. The number of nitrogens with one attached hydrogen (secondary N) is 1. The molecule has 0 saturated carbocycles. The van der Waals surface area contributed by atoms with Gasteiger partial charge in [0.2, 0.25) is 0 Å². The first kappa shape index (κ1) is 19.9. The fourth-order valence-electron chi connectivity index (χ4n) is 3.30. The molecule has 0 bridgehead atoms.